The highest BCUT2D eigenvalue weighted by molar-refractivity contribution is 6.30. The van der Waals surface area contributed by atoms with Crippen LogP contribution in [0.4, 0.5) is 0 Å². The van der Waals surface area contributed by atoms with E-state index in [4.69, 9.17) is 16.0 Å². The van der Waals surface area contributed by atoms with Gasteiger partial charge in [-0.1, -0.05) is 23.7 Å². The van der Waals surface area contributed by atoms with Crippen LogP contribution in [0, 0.1) is 6.92 Å². The number of hydrogen-bond donors (Lipinski definition) is 1. The molecule has 1 unspecified atom stereocenters. The smallest absolute Gasteiger partial charge is 0.276 e. The molecule has 1 atom stereocenters. The summed E-state index contributed by atoms with van der Waals surface area (Å²) in [6.07, 6.45) is 3.47. The van der Waals surface area contributed by atoms with Gasteiger partial charge in [0.1, 0.15) is 5.76 Å². The quantitative estimate of drug-likeness (QED) is 0.750. The predicted molar refractivity (Wildman–Crippen MR) is 102 cm³/mol. The Balaban J connectivity index is 1.65. The number of carbonyl (C=O) groups excluding carboxylic acids is 1. The van der Waals surface area contributed by atoms with Gasteiger partial charge < -0.3 is 14.6 Å². The minimum absolute atomic E-state index is 0.108. The Morgan fingerprint density at radius 2 is 2.26 bits per heavy atom. The molecule has 1 saturated heterocycles. The molecule has 1 N–H and O–H groups in total. The monoisotopic (exact) mass is 385 g/mol. The SMILES string of the molecule is Cc1oc(-c2cnn(C)c2)nc1C(=O)N1CCNCC1c1cccc(Cl)c1. The van der Waals surface area contributed by atoms with Gasteiger partial charge in [-0.3, -0.25) is 9.48 Å². The standard InChI is InChI=1S/C19H20ClN5O2/c1-12-17(23-18(27-12)14-9-22-24(2)11-14)19(26)25-7-6-21-10-16(25)13-4-3-5-15(20)8-13/h3-5,8-9,11,16,21H,6-7,10H2,1-2H3. The molecule has 2 aromatic heterocycles. The molecule has 0 spiro atoms. The maximum atomic E-state index is 13.3. The lowest BCUT2D eigenvalue weighted by atomic mass is 10.0. The largest absolute Gasteiger partial charge is 0.440 e. The van der Waals surface area contributed by atoms with Gasteiger partial charge in [0.05, 0.1) is 17.8 Å². The maximum absolute atomic E-state index is 13.3. The minimum Gasteiger partial charge on any atom is -0.440 e. The highest BCUT2D eigenvalue weighted by Crippen LogP contribution is 2.28. The molecule has 1 fully saturated rings. The number of nitrogens with one attached hydrogen (secondary N) is 1. The van der Waals surface area contributed by atoms with Crippen molar-refractivity contribution < 1.29 is 9.21 Å². The summed E-state index contributed by atoms with van der Waals surface area (Å²) in [4.78, 5) is 19.6. The normalized spacial score (nSPS) is 17.3. The molecule has 0 bridgehead atoms. The average molecular weight is 386 g/mol. The van der Waals surface area contributed by atoms with Crippen LogP contribution in [0.5, 0.6) is 0 Å². The van der Waals surface area contributed by atoms with Crippen molar-refractivity contribution in [2.45, 2.75) is 13.0 Å². The lowest BCUT2D eigenvalue weighted by Crippen LogP contribution is -2.48. The van der Waals surface area contributed by atoms with Crippen LogP contribution in [0.1, 0.15) is 27.9 Å². The first-order valence-electron chi connectivity index (χ1n) is 8.76. The first kappa shape index (κ1) is 17.8. The summed E-state index contributed by atoms with van der Waals surface area (Å²) in [6, 6.07) is 7.51. The molecule has 0 radical (unpaired) electrons. The van der Waals surface area contributed by atoms with E-state index in [0.717, 1.165) is 17.7 Å². The summed E-state index contributed by atoms with van der Waals surface area (Å²) in [7, 11) is 1.82. The van der Waals surface area contributed by atoms with Gasteiger partial charge in [0.2, 0.25) is 5.89 Å². The Labute approximate surface area is 161 Å². The number of hydrogen-bond acceptors (Lipinski definition) is 5. The van der Waals surface area contributed by atoms with E-state index in [-0.39, 0.29) is 11.9 Å². The summed E-state index contributed by atoms with van der Waals surface area (Å²) < 4.78 is 7.41. The fraction of sp³-hybridized carbons (Fsp3) is 0.316. The van der Waals surface area contributed by atoms with Crippen LogP contribution in [0.15, 0.2) is 41.1 Å². The lowest BCUT2D eigenvalue weighted by molar-refractivity contribution is 0.0627. The van der Waals surface area contributed by atoms with Crippen molar-refractivity contribution in [1.82, 2.24) is 25.0 Å². The van der Waals surface area contributed by atoms with Crippen LogP contribution in [0.25, 0.3) is 11.5 Å². The van der Waals surface area contributed by atoms with Crippen LogP contribution >= 0.6 is 11.6 Å². The van der Waals surface area contributed by atoms with E-state index >= 15 is 0 Å². The van der Waals surface area contributed by atoms with Crippen molar-refractivity contribution in [3.05, 3.63) is 58.7 Å². The number of oxazole rings is 1. The molecule has 140 valence electrons. The molecule has 1 aromatic carbocycles. The summed E-state index contributed by atoms with van der Waals surface area (Å²) in [5, 5.41) is 8.13. The van der Waals surface area contributed by atoms with Crippen molar-refractivity contribution in [1.29, 1.82) is 0 Å². The molecular formula is C19H20ClN5O2. The number of nitrogens with zero attached hydrogens (tertiary/aromatic N) is 4. The van der Waals surface area contributed by atoms with Gasteiger partial charge in [0.15, 0.2) is 5.69 Å². The Morgan fingerprint density at radius 1 is 1.41 bits per heavy atom. The molecule has 1 amide bonds. The van der Waals surface area contributed by atoms with E-state index in [0.29, 0.717) is 35.5 Å². The number of piperazine rings is 1. The highest BCUT2D eigenvalue weighted by Gasteiger charge is 2.32. The third kappa shape index (κ3) is 3.48. The molecule has 4 rings (SSSR count). The Bertz CT molecular complexity index is 980. The fourth-order valence-corrected chi connectivity index (χ4v) is 3.54. The third-order valence-corrected chi connectivity index (χ3v) is 4.92. The molecule has 8 heteroatoms. The van der Waals surface area contributed by atoms with E-state index in [2.05, 4.69) is 15.4 Å². The van der Waals surface area contributed by atoms with Crippen LogP contribution in [0.2, 0.25) is 5.02 Å². The zero-order valence-corrected chi connectivity index (χ0v) is 15.9. The second-order valence-corrected chi connectivity index (χ2v) is 7.04. The van der Waals surface area contributed by atoms with Crippen LogP contribution in [0.3, 0.4) is 0 Å². The first-order valence-corrected chi connectivity index (χ1v) is 9.14. The van der Waals surface area contributed by atoms with E-state index in [1.165, 1.54) is 0 Å². The van der Waals surface area contributed by atoms with Gasteiger partial charge in [-0.15, -0.1) is 0 Å². The first-order chi connectivity index (χ1) is 13.0. The minimum atomic E-state index is -0.141. The van der Waals surface area contributed by atoms with E-state index in [1.807, 2.05) is 36.2 Å². The van der Waals surface area contributed by atoms with Gasteiger partial charge in [0, 0.05) is 37.9 Å². The number of amides is 1. The van der Waals surface area contributed by atoms with Gasteiger partial charge in [0.25, 0.3) is 5.91 Å². The topological polar surface area (TPSA) is 76.2 Å². The zero-order chi connectivity index (χ0) is 19.0. The third-order valence-electron chi connectivity index (χ3n) is 4.69. The van der Waals surface area contributed by atoms with Crippen molar-refractivity contribution >= 4 is 17.5 Å². The summed E-state index contributed by atoms with van der Waals surface area (Å²) >= 11 is 6.15. The number of benzene rings is 1. The summed E-state index contributed by atoms with van der Waals surface area (Å²) in [5.41, 5.74) is 2.07. The molecule has 3 aromatic rings. The second-order valence-electron chi connectivity index (χ2n) is 6.60. The average Bonchev–Trinajstić information content (AvgIpc) is 3.27. The lowest BCUT2D eigenvalue weighted by Gasteiger charge is -2.36. The van der Waals surface area contributed by atoms with Crippen molar-refractivity contribution in [3.8, 4) is 11.5 Å². The number of carbonyl (C=O) groups is 1. The fourth-order valence-electron chi connectivity index (χ4n) is 3.35. The van der Waals surface area contributed by atoms with Gasteiger partial charge in [-0.05, 0) is 24.6 Å². The Hall–Kier alpha value is -2.64. The molecule has 0 aliphatic carbocycles. The summed E-state index contributed by atoms with van der Waals surface area (Å²) in [5.74, 6) is 0.762. The van der Waals surface area contributed by atoms with E-state index < -0.39 is 0 Å². The number of aryl methyl sites for hydroxylation is 2. The number of aromatic nitrogens is 3. The molecule has 1 aliphatic rings. The van der Waals surface area contributed by atoms with Crippen LogP contribution < -0.4 is 5.32 Å². The molecule has 0 saturated carbocycles. The molecule has 1 aliphatic heterocycles. The van der Waals surface area contributed by atoms with Gasteiger partial charge in [-0.25, -0.2) is 4.98 Å². The van der Waals surface area contributed by atoms with E-state index in [9.17, 15) is 4.79 Å². The number of halogens is 1. The maximum Gasteiger partial charge on any atom is 0.276 e. The van der Waals surface area contributed by atoms with Crippen molar-refractivity contribution in [3.63, 3.8) is 0 Å². The Kier molecular flexibility index (Phi) is 4.72. The second kappa shape index (κ2) is 7.17. The molecule has 27 heavy (non-hydrogen) atoms. The molecule has 3 heterocycles. The molecule has 7 nitrogen and oxygen atoms in total. The van der Waals surface area contributed by atoms with Crippen LogP contribution in [-0.4, -0.2) is 45.2 Å². The Morgan fingerprint density at radius 3 is 3.00 bits per heavy atom. The van der Waals surface area contributed by atoms with Crippen molar-refractivity contribution in [2.24, 2.45) is 7.05 Å². The van der Waals surface area contributed by atoms with E-state index in [1.54, 1.807) is 24.0 Å². The highest BCUT2D eigenvalue weighted by atomic mass is 35.5. The summed E-state index contributed by atoms with van der Waals surface area (Å²) in [6.45, 7) is 3.74. The van der Waals surface area contributed by atoms with Crippen LogP contribution in [-0.2, 0) is 7.05 Å². The predicted octanol–water partition coefficient (Wildman–Crippen LogP) is 2.82. The molecular weight excluding hydrogens is 366 g/mol. The zero-order valence-electron chi connectivity index (χ0n) is 15.1. The number of rotatable bonds is 3. The van der Waals surface area contributed by atoms with Crippen molar-refractivity contribution in [2.75, 3.05) is 19.6 Å². The van der Waals surface area contributed by atoms with Gasteiger partial charge in [-0.2, -0.15) is 5.10 Å². The van der Waals surface area contributed by atoms with Gasteiger partial charge >= 0.3 is 0 Å².